The molecule has 2 rings (SSSR count). The molecule has 1 aromatic carbocycles. The van der Waals surface area contributed by atoms with Gasteiger partial charge in [0.1, 0.15) is 5.82 Å². The number of morpholine rings is 1. The van der Waals surface area contributed by atoms with Gasteiger partial charge in [0, 0.05) is 18.6 Å². The zero-order valence-corrected chi connectivity index (χ0v) is 10.1. The van der Waals surface area contributed by atoms with Crippen molar-refractivity contribution >= 4 is 0 Å². The zero-order chi connectivity index (χ0) is 12.1. The Balaban J connectivity index is 2.00. The van der Waals surface area contributed by atoms with E-state index in [0.29, 0.717) is 6.04 Å². The lowest BCUT2D eigenvalue weighted by atomic mass is 9.99. The van der Waals surface area contributed by atoms with Crippen LogP contribution in [0.3, 0.4) is 0 Å². The van der Waals surface area contributed by atoms with Crippen LogP contribution in [0.5, 0.6) is 0 Å². The van der Waals surface area contributed by atoms with Crippen LogP contribution in [-0.2, 0) is 4.74 Å². The first-order valence-electron chi connectivity index (χ1n) is 6.03. The van der Waals surface area contributed by atoms with Gasteiger partial charge in [-0.25, -0.2) is 4.39 Å². The highest BCUT2D eigenvalue weighted by molar-refractivity contribution is 5.20. The van der Waals surface area contributed by atoms with E-state index in [0.717, 1.165) is 31.7 Å². The van der Waals surface area contributed by atoms with Crippen molar-refractivity contribution in [2.75, 3.05) is 26.8 Å². The molecule has 2 unspecified atom stereocenters. The van der Waals surface area contributed by atoms with E-state index in [9.17, 15) is 4.39 Å². The molecular weight excluding hydrogens is 219 g/mol. The quantitative estimate of drug-likeness (QED) is 0.833. The van der Waals surface area contributed by atoms with Gasteiger partial charge in [-0.15, -0.1) is 0 Å². The minimum absolute atomic E-state index is 0.157. The van der Waals surface area contributed by atoms with Crippen molar-refractivity contribution in [2.24, 2.45) is 0 Å². The second-order valence-corrected chi connectivity index (χ2v) is 4.36. The number of hydrogen-bond donors (Lipinski definition) is 2. The van der Waals surface area contributed by atoms with Crippen LogP contribution in [0.1, 0.15) is 18.0 Å². The average molecular weight is 238 g/mol. The van der Waals surface area contributed by atoms with Crippen molar-refractivity contribution in [1.82, 2.24) is 10.6 Å². The van der Waals surface area contributed by atoms with Gasteiger partial charge in [0.2, 0.25) is 0 Å². The fourth-order valence-corrected chi connectivity index (χ4v) is 2.20. The summed E-state index contributed by atoms with van der Waals surface area (Å²) in [7, 11) is 1.90. The first-order valence-corrected chi connectivity index (χ1v) is 6.03. The minimum Gasteiger partial charge on any atom is -0.379 e. The van der Waals surface area contributed by atoms with Crippen LogP contribution >= 0.6 is 0 Å². The second-order valence-electron chi connectivity index (χ2n) is 4.36. The Bertz CT molecular complexity index is 353. The third-order valence-corrected chi connectivity index (χ3v) is 3.12. The summed E-state index contributed by atoms with van der Waals surface area (Å²) in [6.07, 6.45) is 0.903. The van der Waals surface area contributed by atoms with Gasteiger partial charge in [-0.05, 0) is 31.2 Å². The number of hydrogen-bond acceptors (Lipinski definition) is 3. The second kappa shape index (κ2) is 6.10. The first kappa shape index (κ1) is 12.5. The highest BCUT2D eigenvalue weighted by Crippen LogP contribution is 2.19. The summed E-state index contributed by atoms with van der Waals surface area (Å²) >= 11 is 0. The molecule has 0 bridgehead atoms. The Morgan fingerprint density at radius 1 is 1.59 bits per heavy atom. The summed E-state index contributed by atoms with van der Waals surface area (Å²) in [5.41, 5.74) is 0.986. The molecule has 0 aromatic heterocycles. The first-order chi connectivity index (χ1) is 8.29. The molecule has 1 fully saturated rings. The summed E-state index contributed by atoms with van der Waals surface area (Å²) in [4.78, 5) is 0. The van der Waals surface area contributed by atoms with Crippen LogP contribution in [0.4, 0.5) is 4.39 Å². The Kier molecular flexibility index (Phi) is 4.48. The van der Waals surface area contributed by atoms with E-state index >= 15 is 0 Å². The van der Waals surface area contributed by atoms with E-state index in [2.05, 4.69) is 10.6 Å². The summed E-state index contributed by atoms with van der Waals surface area (Å²) in [5.74, 6) is -0.185. The lowest BCUT2D eigenvalue weighted by molar-refractivity contribution is 0.0708. The van der Waals surface area contributed by atoms with E-state index < -0.39 is 0 Å². The molecule has 2 atom stereocenters. The average Bonchev–Trinajstić information content (AvgIpc) is 2.37. The van der Waals surface area contributed by atoms with Gasteiger partial charge in [-0.3, -0.25) is 0 Å². The van der Waals surface area contributed by atoms with Gasteiger partial charge < -0.3 is 15.4 Å². The molecule has 0 radical (unpaired) electrons. The molecule has 94 valence electrons. The molecule has 0 saturated carbocycles. The number of rotatable bonds is 4. The lowest BCUT2D eigenvalue weighted by Crippen LogP contribution is -2.43. The molecule has 1 heterocycles. The SMILES string of the molecule is CNC(CC1COCCN1)c1cccc(F)c1. The number of benzene rings is 1. The highest BCUT2D eigenvalue weighted by Gasteiger charge is 2.19. The fraction of sp³-hybridized carbons (Fsp3) is 0.538. The molecule has 4 heteroatoms. The molecule has 0 spiro atoms. The van der Waals surface area contributed by atoms with E-state index in [-0.39, 0.29) is 11.9 Å². The molecule has 3 nitrogen and oxygen atoms in total. The van der Waals surface area contributed by atoms with E-state index in [1.54, 1.807) is 12.1 Å². The lowest BCUT2D eigenvalue weighted by Gasteiger charge is -2.28. The van der Waals surface area contributed by atoms with E-state index in [1.807, 2.05) is 13.1 Å². The van der Waals surface area contributed by atoms with E-state index in [1.165, 1.54) is 6.07 Å². The van der Waals surface area contributed by atoms with Crippen molar-refractivity contribution in [1.29, 1.82) is 0 Å². The van der Waals surface area contributed by atoms with Crippen LogP contribution in [0, 0.1) is 5.82 Å². The number of halogens is 1. The third-order valence-electron chi connectivity index (χ3n) is 3.12. The molecule has 1 aliphatic rings. The maximum Gasteiger partial charge on any atom is 0.123 e. The standard InChI is InChI=1S/C13H19FN2O/c1-15-13(8-12-9-17-6-5-16-12)10-3-2-4-11(14)7-10/h2-4,7,12-13,15-16H,5-6,8-9H2,1H3. The van der Waals surface area contributed by atoms with Crippen LogP contribution in [0.2, 0.25) is 0 Å². The Morgan fingerprint density at radius 3 is 3.12 bits per heavy atom. The monoisotopic (exact) mass is 238 g/mol. The third kappa shape index (κ3) is 3.49. The number of nitrogens with one attached hydrogen (secondary N) is 2. The van der Waals surface area contributed by atoms with Gasteiger partial charge in [0.05, 0.1) is 13.2 Å². The molecule has 0 aliphatic carbocycles. The molecule has 1 aromatic rings. The minimum atomic E-state index is -0.185. The Labute approximate surface area is 101 Å². The smallest absolute Gasteiger partial charge is 0.123 e. The molecule has 1 saturated heterocycles. The van der Waals surface area contributed by atoms with Crippen LogP contribution in [0.15, 0.2) is 24.3 Å². The van der Waals surface area contributed by atoms with Gasteiger partial charge in [-0.1, -0.05) is 12.1 Å². The Hall–Kier alpha value is -0.970. The van der Waals surface area contributed by atoms with Crippen LogP contribution in [0.25, 0.3) is 0 Å². The van der Waals surface area contributed by atoms with Crippen molar-refractivity contribution in [3.63, 3.8) is 0 Å². The zero-order valence-electron chi connectivity index (χ0n) is 10.1. The van der Waals surface area contributed by atoms with Crippen LogP contribution in [-0.4, -0.2) is 32.8 Å². The van der Waals surface area contributed by atoms with Crippen molar-refractivity contribution < 1.29 is 9.13 Å². The van der Waals surface area contributed by atoms with Gasteiger partial charge >= 0.3 is 0 Å². The van der Waals surface area contributed by atoms with Crippen molar-refractivity contribution in [2.45, 2.75) is 18.5 Å². The molecular formula is C13H19FN2O. The topological polar surface area (TPSA) is 33.3 Å². The predicted octanol–water partition coefficient (Wildman–Crippen LogP) is 1.46. The normalized spacial score (nSPS) is 22.4. The molecule has 17 heavy (non-hydrogen) atoms. The fourth-order valence-electron chi connectivity index (χ4n) is 2.20. The Morgan fingerprint density at radius 2 is 2.47 bits per heavy atom. The number of ether oxygens (including phenoxy) is 1. The van der Waals surface area contributed by atoms with Crippen LogP contribution < -0.4 is 10.6 Å². The molecule has 1 aliphatic heterocycles. The van der Waals surface area contributed by atoms with E-state index in [4.69, 9.17) is 4.74 Å². The van der Waals surface area contributed by atoms with Gasteiger partial charge in [0.15, 0.2) is 0 Å². The predicted molar refractivity (Wildman–Crippen MR) is 65.4 cm³/mol. The van der Waals surface area contributed by atoms with Crippen molar-refractivity contribution in [3.8, 4) is 0 Å². The molecule has 2 N–H and O–H groups in total. The maximum absolute atomic E-state index is 13.2. The van der Waals surface area contributed by atoms with Gasteiger partial charge in [-0.2, -0.15) is 0 Å². The molecule has 0 amide bonds. The van der Waals surface area contributed by atoms with Crippen molar-refractivity contribution in [3.05, 3.63) is 35.6 Å². The summed E-state index contributed by atoms with van der Waals surface area (Å²) < 4.78 is 18.6. The summed E-state index contributed by atoms with van der Waals surface area (Å²) in [6, 6.07) is 7.26. The highest BCUT2D eigenvalue weighted by atomic mass is 19.1. The summed E-state index contributed by atoms with van der Waals surface area (Å²) in [6.45, 7) is 2.40. The van der Waals surface area contributed by atoms with Gasteiger partial charge in [0.25, 0.3) is 0 Å². The maximum atomic E-state index is 13.2. The largest absolute Gasteiger partial charge is 0.379 e. The summed E-state index contributed by atoms with van der Waals surface area (Å²) in [5, 5.41) is 6.64.